The summed E-state index contributed by atoms with van der Waals surface area (Å²) in [6, 6.07) is 10.7. The molecule has 1 N–H and O–H groups in total. The van der Waals surface area contributed by atoms with Crippen molar-refractivity contribution in [1.82, 2.24) is 4.90 Å². The van der Waals surface area contributed by atoms with Crippen molar-refractivity contribution in [2.45, 2.75) is 32.7 Å². The van der Waals surface area contributed by atoms with Crippen LogP contribution in [0.1, 0.15) is 34.9 Å². The molecule has 0 unspecified atom stereocenters. The second kappa shape index (κ2) is 6.53. The highest BCUT2D eigenvalue weighted by molar-refractivity contribution is 7.10. The maximum atomic E-state index is 12.6. The number of aryl methyl sites for hydroxylation is 2. The summed E-state index contributed by atoms with van der Waals surface area (Å²) in [7, 11) is 0. The Balaban J connectivity index is 1.64. The van der Waals surface area contributed by atoms with E-state index in [2.05, 4.69) is 54.9 Å². The number of anilines is 1. The van der Waals surface area contributed by atoms with Crippen LogP contribution in [0.25, 0.3) is 0 Å². The summed E-state index contributed by atoms with van der Waals surface area (Å²) in [6.07, 6.45) is 2.17. The van der Waals surface area contributed by atoms with Crippen molar-refractivity contribution in [1.29, 1.82) is 0 Å². The minimum absolute atomic E-state index is 0.191. The fourth-order valence-corrected chi connectivity index (χ4v) is 4.00. The van der Waals surface area contributed by atoms with Gasteiger partial charge in [-0.2, -0.15) is 0 Å². The summed E-state index contributed by atoms with van der Waals surface area (Å²) in [6.45, 7) is 5.39. The SMILES string of the molecule is Cc1ccc(NCC(=O)N2CCC[C@H]2c2cccs2)c(C)c1. The molecule has 116 valence electrons. The quantitative estimate of drug-likeness (QED) is 0.920. The van der Waals surface area contributed by atoms with E-state index < -0.39 is 0 Å². The number of carbonyl (C=O) groups excluding carboxylic acids is 1. The fourth-order valence-electron chi connectivity index (χ4n) is 3.13. The molecule has 1 fully saturated rings. The molecule has 2 aromatic rings. The molecule has 1 aliphatic heterocycles. The number of nitrogens with one attached hydrogen (secondary N) is 1. The Labute approximate surface area is 136 Å². The Hall–Kier alpha value is -1.81. The molecule has 1 aromatic carbocycles. The highest BCUT2D eigenvalue weighted by Gasteiger charge is 2.30. The van der Waals surface area contributed by atoms with Crippen molar-refractivity contribution in [3.8, 4) is 0 Å². The van der Waals surface area contributed by atoms with E-state index in [1.165, 1.54) is 16.0 Å². The van der Waals surface area contributed by atoms with Crippen molar-refractivity contribution in [3.05, 3.63) is 51.7 Å². The van der Waals surface area contributed by atoms with Crippen LogP contribution >= 0.6 is 11.3 Å². The van der Waals surface area contributed by atoms with Gasteiger partial charge in [0, 0.05) is 17.1 Å². The molecule has 3 rings (SSSR count). The van der Waals surface area contributed by atoms with Crippen LogP contribution in [0.2, 0.25) is 0 Å². The first-order chi connectivity index (χ1) is 10.6. The van der Waals surface area contributed by atoms with Gasteiger partial charge in [0.1, 0.15) is 0 Å². The number of thiophene rings is 1. The Kier molecular flexibility index (Phi) is 4.48. The molecule has 1 saturated heterocycles. The summed E-state index contributed by atoms with van der Waals surface area (Å²) >= 11 is 1.75. The normalized spacial score (nSPS) is 17.7. The number of likely N-dealkylation sites (tertiary alicyclic amines) is 1. The molecule has 1 aliphatic rings. The van der Waals surface area contributed by atoms with Gasteiger partial charge in [0.05, 0.1) is 12.6 Å². The Morgan fingerprint density at radius 2 is 2.23 bits per heavy atom. The zero-order chi connectivity index (χ0) is 15.5. The number of amides is 1. The van der Waals surface area contributed by atoms with Crippen LogP contribution in [0.15, 0.2) is 35.7 Å². The van der Waals surface area contributed by atoms with Gasteiger partial charge in [0.2, 0.25) is 5.91 Å². The Bertz CT molecular complexity index is 651. The maximum absolute atomic E-state index is 12.6. The van der Waals surface area contributed by atoms with Gasteiger partial charge >= 0.3 is 0 Å². The maximum Gasteiger partial charge on any atom is 0.242 e. The second-order valence-electron chi connectivity index (χ2n) is 5.93. The lowest BCUT2D eigenvalue weighted by atomic mass is 10.1. The van der Waals surface area contributed by atoms with Gasteiger partial charge in [-0.1, -0.05) is 23.8 Å². The summed E-state index contributed by atoms with van der Waals surface area (Å²) in [5.74, 6) is 0.191. The molecule has 2 heterocycles. The van der Waals surface area contributed by atoms with Crippen LogP contribution < -0.4 is 5.32 Å². The minimum Gasteiger partial charge on any atom is -0.376 e. The molecular weight excluding hydrogens is 292 g/mol. The summed E-state index contributed by atoms with van der Waals surface area (Å²) in [5.41, 5.74) is 3.47. The van der Waals surface area contributed by atoms with Crippen molar-refractivity contribution < 1.29 is 4.79 Å². The van der Waals surface area contributed by atoms with Gasteiger partial charge in [-0.3, -0.25) is 4.79 Å². The highest BCUT2D eigenvalue weighted by Crippen LogP contribution is 2.34. The first-order valence-corrected chi connectivity index (χ1v) is 8.67. The third-order valence-corrected chi connectivity index (χ3v) is 5.23. The van der Waals surface area contributed by atoms with E-state index >= 15 is 0 Å². The van der Waals surface area contributed by atoms with E-state index in [-0.39, 0.29) is 11.9 Å². The van der Waals surface area contributed by atoms with E-state index in [1.807, 2.05) is 4.90 Å². The summed E-state index contributed by atoms with van der Waals surface area (Å²) < 4.78 is 0. The number of nitrogens with zero attached hydrogens (tertiary/aromatic N) is 1. The number of hydrogen-bond acceptors (Lipinski definition) is 3. The molecular formula is C18H22N2OS. The largest absolute Gasteiger partial charge is 0.376 e. The van der Waals surface area contributed by atoms with Crippen molar-refractivity contribution in [2.75, 3.05) is 18.4 Å². The monoisotopic (exact) mass is 314 g/mol. The lowest BCUT2D eigenvalue weighted by Crippen LogP contribution is -2.34. The van der Waals surface area contributed by atoms with Crippen LogP contribution in [-0.2, 0) is 4.79 Å². The Morgan fingerprint density at radius 3 is 2.95 bits per heavy atom. The molecule has 22 heavy (non-hydrogen) atoms. The zero-order valence-corrected chi connectivity index (χ0v) is 14.0. The van der Waals surface area contributed by atoms with Gasteiger partial charge in [0.25, 0.3) is 0 Å². The molecule has 0 saturated carbocycles. The molecule has 0 spiro atoms. The average molecular weight is 314 g/mol. The van der Waals surface area contributed by atoms with Gasteiger partial charge in [-0.25, -0.2) is 0 Å². The summed E-state index contributed by atoms with van der Waals surface area (Å²) in [5, 5.41) is 5.38. The lowest BCUT2D eigenvalue weighted by Gasteiger charge is -2.24. The smallest absolute Gasteiger partial charge is 0.242 e. The van der Waals surface area contributed by atoms with E-state index in [9.17, 15) is 4.79 Å². The van der Waals surface area contributed by atoms with E-state index in [4.69, 9.17) is 0 Å². The van der Waals surface area contributed by atoms with Crippen LogP contribution in [0.4, 0.5) is 5.69 Å². The van der Waals surface area contributed by atoms with Crippen molar-refractivity contribution >= 4 is 22.9 Å². The molecule has 1 atom stereocenters. The molecule has 1 aromatic heterocycles. The van der Waals surface area contributed by atoms with Gasteiger partial charge < -0.3 is 10.2 Å². The van der Waals surface area contributed by atoms with E-state index in [0.717, 1.165) is 25.1 Å². The average Bonchev–Trinajstić information content (AvgIpc) is 3.16. The molecule has 0 radical (unpaired) electrons. The van der Waals surface area contributed by atoms with Crippen molar-refractivity contribution in [2.24, 2.45) is 0 Å². The van der Waals surface area contributed by atoms with E-state index in [1.54, 1.807) is 11.3 Å². The third kappa shape index (κ3) is 3.17. The number of benzene rings is 1. The van der Waals surface area contributed by atoms with Crippen LogP contribution in [0, 0.1) is 13.8 Å². The van der Waals surface area contributed by atoms with E-state index in [0.29, 0.717) is 6.54 Å². The predicted octanol–water partition coefficient (Wildman–Crippen LogP) is 4.14. The summed E-state index contributed by atoms with van der Waals surface area (Å²) in [4.78, 5) is 15.9. The number of hydrogen-bond donors (Lipinski definition) is 1. The standard InChI is InChI=1S/C18H22N2OS/c1-13-7-8-15(14(2)11-13)19-12-18(21)20-9-3-5-16(20)17-6-4-10-22-17/h4,6-8,10-11,16,19H,3,5,9,12H2,1-2H3/t16-/m0/s1. The molecule has 0 bridgehead atoms. The molecule has 4 heteroatoms. The third-order valence-electron chi connectivity index (χ3n) is 4.26. The minimum atomic E-state index is 0.191. The molecule has 0 aliphatic carbocycles. The van der Waals surface area contributed by atoms with Crippen LogP contribution in [0.5, 0.6) is 0 Å². The van der Waals surface area contributed by atoms with Gasteiger partial charge in [-0.05, 0) is 49.8 Å². The topological polar surface area (TPSA) is 32.3 Å². The first-order valence-electron chi connectivity index (χ1n) is 7.79. The highest BCUT2D eigenvalue weighted by atomic mass is 32.1. The zero-order valence-electron chi connectivity index (χ0n) is 13.1. The number of carbonyl (C=O) groups is 1. The van der Waals surface area contributed by atoms with Crippen LogP contribution in [-0.4, -0.2) is 23.9 Å². The van der Waals surface area contributed by atoms with Crippen molar-refractivity contribution in [3.63, 3.8) is 0 Å². The molecule has 1 amide bonds. The Morgan fingerprint density at radius 1 is 1.36 bits per heavy atom. The molecule has 3 nitrogen and oxygen atoms in total. The van der Waals surface area contributed by atoms with Gasteiger partial charge in [0.15, 0.2) is 0 Å². The predicted molar refractivity (Wildman–Crippen MR) is 92.4 cm³/mol. The number of rotatable bonds is 4. The second-order valence-corrected chi connectivity index (χ2v) is 6.91. The lowest BCUT2D eigenvalue weighted by molar-refractivity contribution is -0.130. The first kappa shape index (κ1) is 15.1. The fraction of sp³-hybridized carbons (Fsp3) is 0.389. The van der Waals surface area contributed by atoms with Gasteiger partial charge in [-0.15, -0.1) is 11.3 Å². The van der Waals surface area contributed by atoms with Crippen LogP contribution in [0.3, 0.4) is 0 Å².